The van der Waals surface area contributed by atoms with Gasteiger partial charge in [-0.1, -0.05) is 17.2 Å². The lowest BCUT2D eigenvalue weighted by atomic mass is 10.1. The molecule has 42 heavy (non-hydrogen) atoms. The molecule has 3 aromatic rings. The number of non-ortho nitro benzene ring substituents is 1. The first-order valence-corrected chi connectivity index (χ1v) is 11.1. The summed E-state index contributed by atoms with van der Waals surface area (Å²) in [6, 6.07) is 9.23. The zero-order valence-electron chi connectivity index (χ0n) is 20.9. The largest absolute Gasteiger partial charge is 0.515 e. The number of anilines is 1. The van der Waals surface area contributed by atoms with E-state index in [1.54, 1.807) is 0 Å². The first-order valence-electron chi connectivity index (χ1n) is 11.1. The molecule has 0 aliphatic heterocycles. The van der Waals surface area contributed by atoms with Gasteiger partial charge in [0.1, 0.15) is 18.0 Å². The second-order valence-electron chi connectivity index (χ2n) is 7.72. The molecule has 0 saturated carbocycles. The highest BCUT2D eigenvalue weighted by atomic mass is 19.2. The lowest BCUT2D eigenvalue weighted by molar-refractivity contribution is -0.384. The van der Waals surface area contributed by atoms with Crippen molar-refractivity contribution < 1.29 is 55.8 Å². The van der Waals surface area contributed by atoms with E-state index in [2.05, 4.69) is 24.8 Å². The van der Waals surface area contributed by atoms with Crippen molar-refractivity contribution in [2.45, 2.75) is 12.7 Å². The number of nitrogens with zero attached hydrogens (tertiary/aromatic N) is 4. The maximum absolute atomic E-state index is 14.1. The predicted molar refractivity (Wildman–Crippen MR) is 130 cm³/mol. The average Bonchev–Trinajstić information content (AvgIpc) is 2.97. The van der Waals surface area contributed by atoms with Crippen molar-refractivity contribution in [3.8, 4) is 5.75 Å². The van der Waals surface area contributed by atoms with E-state index in [1.165, 1.54) is 24.3 Å². The van der Waals surface area contributed by atoms with Crippen molar-refractivity contribution in [2.75, 3.05) is 12.4 Å². The van der Waals surface area contributed by atoms with Crippen molar-refractivity contribution in [2.24, 2.45) is 5.11 Å². The number of nitro benzene ring substituents is 1. The molecule has 3 rings (SSSR count). The van der Waals surface area contributed by atoms with E-state index < -0.39 is 70.4 Å². The number of carbonyl (C=O) groups is 3. The number of amides is 1. The van der Waals surface area contributed by atoms with E-state index in [4.69, 9.17) is 15.0 Å². The summed E-state index contributed by atoms with van der Waals surface area (Å²) in [6.07, 6.45) is -4.32. The molecule has 0 bridgehead atoms. The molecule has 218 valence electrons. The lowest BCUT2D eigenvalue weighted by Crippen LogP contribution is -2.23. The molecular weight excluding hydrogens is 578 g/mol. The van der Waals surface area contributed by atoms with Gasteiger partial charge in [-0.05, 0) is 29.8 Å². The number of nitrogens with one attached hydrogen (secondary N) is 1. The number of esters is 1. The Labute approximate surface area is 231 Å². The molecule has 14 nitrogen and oxygen atoms in total. The highest BCUT2D eigenvalue weighted by Crippen LogP contribution is 2.31. The number of hydrogen-bond acceptors (Lipinski definition) is 10. The Morgan fingerprint density at radius 1 is 1.00 bits per heavy atom. The Morgan fingerprint density at radius 2 is 1.60 bits per heavy atom. The molecule has 0 radical (unpaired) electrons. The van der Waals surface area contributed by atoms with Crippen molar-refractivity contribution in [3.63, 3.8) is 0 Å². The molecule has 1 amide bonds. The molecule has 18 heteroatoms. The SMILES string of the molecule is COC(=O)C(OC(=O)Oc1ccc([N+](=O)[O-])cc1)c1ccc(NC(=O)OCc2c(F)c(F)c(N=[N+]=[N-])c(F)c2F)cc1. The summed E-state index contributed by atoms with van der Waals surface area (Å²) in [5.41, 5.74) is 5.23. The van der Waals surface area contributed by atoms with Crippen LogP contribution < -0.4 is 10.1 Å². The van der Waals surface area contributed by atoms with Crippen LogP contribution in [0.25, 0.3) is 10.4 Å². The van der Waals surface area contributed by atoms with Crippen molar-refractivity contribution in [1.29, 1.82) is 0 Å². The van der Waals surface area contributed by atoms with Crippen molar-refractivity contribution >= 4 is 35.3 Å². The first kappa shape index (κ1) is 30.6. The number of benzene rings is 3. The second-order valence-corrected chi connectivity index (χ2v) is 7.72. The van der Waals surface area contributed by atoms with Gasteiger partial charge in [0.15, 0.2) is 23.3 Å². The van der Waals surface area contributed by atoms with Crippen LogP contribution in [0.1, 0.15) is 17.2 Å². The third-order valence-electron chi connectivity index (χ3n) is 5.16. The molecule has 3 aromatic carbocycles. The smallest absolute Gasteiger partial charge is 0.466 e. The molecule has 0 fully saturated rings. The number of nitro groups is 1. The van der Waals surface area contributed by atoms with E-state index >= 15 is 0 Å². The topological polar surface area (TPSA) is 192 Å². The van der Waals surface area contributed by atoms with Crippen LogP contribution in [0.4, 0.5) is 44.2 Å². The van der Waals surface area contributed by atoms with Gasteiger partial charge in [-0.25, -0.2) is 31.9 Å². The first-order chi connectivity index (χ1) is 20.0. The van der Waals surface area contributed by atoms with E-state index in [9.17, 15) is 42.1 Å². The van der Waals surface area contributed by atoms with Crippen LogP contribution in [0.5, 0.6) is 5.75 Å². The fourth-order valence-electron chi connectivity index (χ4n) is 3.17. The third kappa shape index (κ3) is 7.19. The Morgan fingerprint density at radius 3 is 2.12 bits per heavy atom. The molecular formula is C24H15F4N5O9. The van der Waals surface area contributed by atoms with Gasteiger partial charge in [-0.15, -0.1) is 0 Å². The zero-order chi connectivity index (χ0) is 31.0. The highest BCUT2D eigenvalue weighted by Gasteiger charge is 2.28. The number of ether oxygens (including phenoxy) is 4. The van der Waals surface area contributed by atoms with Gasteiger partial charge >= 0.3 is 18.2 Å². The van der Waals surface area contributed by atoms with Crippen LogP contribution >= 0.6 is 0 Å². The standard InChI is InChI=1S/C24H15F4N5O9/c1-39-22(34)21(42-24(36)41-14-8-6-13(7-9-14)33(37)38)11-2-4-12(5-3-11)30-23(35)40-10-15-16(25)18(27)20(31-32-29)19(28)17(15)26/h2-9,21H,10H2,1H3,(H,30,35). The Hall–Kier alpha value is -5.90. The van der Waals surface area contributed by atoms with Gasteiger partial charge in [0.2, 0.25) is 6.10 Å². The minimum absolute atomic E-state index is 0.00201. The van der Waals surface area contributed by atoms with Gasteiger partial charge in [-0.3, -0.25) is 15.4 Å². The number of methoxy groups -OCH3 is 1. The fourth-order valence-corrected chi connectivity index (χ4v) is 3.17. The van der Waals surface area contributed by atoms with Crippen LogP contribution in [-0.2, 0) is 25.6 Å². The normalized spacial score (nSPS) is 11.0. The van der Waals surface area contributed by atoms with E-state index in [1.807, 2.05) is 0 Å². The molecule has 0 aliphatic carbocycles. The molecule has 0 aromatic heterocycles. The summed E-state index contributed by atoms with van der Waals surface area (Å²) < 4.78 is 75.1. The molecule has 1 N–H and O–H groups in total. The monoisotopic (exact) mass is 593 g/mol. The van der Waals surface area contributed by atoms with Gasteiger partial charge in [0, 0.05) is 28.3 Å². The van der Waals surface area contributed by atoms with Crippen LogP contribution in [0.2, 0.25) is 0 Å². The third-order valence-corrected chi connectivity index (χ3v) is 5.16. The van der Waals surface area contributed by atoms with Crippen molar-refractivity contribution in [3.05, 3.63) is 103 Å². The number of carbonyl (C=O) groups excluding carboxylic acids is 3. The van der Waals surface area contributed by atoms with Crippen LogP contribution in [0, 0.1) is 33.4 Å². The Balaban J connectivity index is 1.65. The van der Waals surface area contributed by atoms with E-state index in [0.717, 1.165) is 31.4 Å². The van der Waals surface area contributed by atoms with Crippen LogP contribution in [0.15, 0.2) is 53.6 Å². The zero-order valence-corrected chi connectivity index (χ0v) is 20.9. The molecule has 0 aliphatic rings. The summed E-state index contributed by atoms with van der Waals surface area (Å²) in [6.45, 7) is -1.25. The van der Waals surface area contributed by atoms with E-state index in [0.29, 0.717) is 0 Å². The summed E-state index contributed by atoms with van der Waals surface area (Å²) in [5, 5.41) is 15.4. The number of rotatable bonds is 9. The maximum Gasteiger partial charge on any atom is 0.515 e. The molecule has 1 atom stereocenters. The van der Waals surface area contributed by atoms with Crippen LogP contribution in [-0.4, -0.2) is 30.3 Å². The molecule has 0 spiro atoms. The van der Waals surface area contributed by atoms with Gasteiger partial charge in [0.25, 0.3) is 5.69 Å². The predicted octanol–water partition coefficient (Wildman–Crippen LogP) is 6.27. The molecule has 0 saturated heterocycles. The van der Waals surface area contributed by atoms with Crippen molar-refractivity contribution in [1.82, 2.24) is 0 Å². The Kier molecular flexibility index (Phi) is 9.81. The minimum atomic E-state index is -1.99. The number of hydrogen-bond donors (Lipinski definition) is 1. The summed E-state index contributed by atoms with van der Waals surface area (Å²) in [5.74, 6) is -8.99. The summed E-state index contributed by atoms with van der Waals surface area (Å²) >= 11 is 0. The second kappa shape index (κ2) is 13.4. The molecule has 0 heterocycles. The number of azide groups is 1. The maximum atomic E-state index is 14.1. The summed E-state index contributed by atoms with van der Waals surface area (Å²) in [4.78, 5) is 48.6. The minimum Gasteiger partial charge on any atom is -0.466 e. The van der Waals surface area contributed by atoms with Crippen LogP contribution in [0.3, 0.4) is 0 Å². The lowest BCUT2D eigenvalue weighted by Gasteiger charge is -2.16. The fraction of sp³-hybridized carbons (Fsp3) is 0.125. The Bertz CT molecular complexity index is 1550. The summed E-state index contributed by atoms with van der Waals surface area (Å²) in [7, 11) is 1.01. The quantitative estimate of drug-likeness (QED) is 0.0284. The average molecular weight is 593 g/mol. The van der Waals surface area contributed by atoms with Gasteiger partial charge in [-0.2, -0.15) is 0 Å². The highest BCUT2D eigenvalue weighted by molar-refractivity contribution is 5.85. The van der Waals surface area contributed by atoms with Gasteiger partial charge < -0.3 is 18.9 Å². The molecule has 1 unspecified atom stereocenters. The van der Waals surface area contributed by atoms with Gasteiger partial charge in [0.05, 0.1) is 17.6 Å². The van der Waals surface area contributed by atoms with E-state index in [-0.39, 0.29) is 22.7 Å². The number of halogens is 4.